The molecule has 4 heteroatoms. The van der Waals surface area contributed by atoms with Gasteiger partial charge in [0.25, 0.3) is 0 Å². The fraction of sp³-hybridized carbons (Fsp3) is 0.600. The van der Waals surface area contributed by atoms with E-state index in [9.17, 15) is 9.59 Å². The fourth-order valence-corrected chi connectivity index (χ4v) is 1.49. The number of carbonyl (C=O) groups excluding carboxylic acids is 2. The molecule has 1 rings (SSSR count). The second-order valence-electron chi connectivity index (χ2n) is 3.04. The van der Waals surface area contributed by atoms with Gasteiger partial charge in [0.05, 0.1) is 6.61 Å². The van der Waals surface area contributed by atoms with Crippen molar-refractivity contribution in [1.82, 2.24) is 4.90 Å². The van der Waals surface area contributed by atoms with E-state index in [0.717, 1.165) is 6.42 Å². The van der Waals surface area contributed by atoms with Crippen molar-refractivity contribution >= 4 is 11.9 Å². The highest BCUT2D eigenvalue weighted by Gasteiger charge is 2.27. The van der Waals surface area contributed by atoms with Crippen molar-refractivity contribution in [3.63, 3.8) is 0 Å². The molecule has 0 radical (unpaired) electrons. The van der Waals surface area contributed by atoms with E-state index < -0.39 is 5.97 Å². The highest BCUT2D eigenvalue weighted by Crippen LogP contribution is 2.17. The van der Waals surface area contributed by atoms with Crippen molar-refractivity contribution < 1.29 is 14.3 Å². The Morgan fingerprint density at radius 1 is 1.64 bits per heavy atom. The lowest BCUT2D eigenvalue weighted by Crippen LogP contribution is -2.29. The van der Waals surface area contributed by atoms with Crippen LogP contribution in [0.2, 0.25) is 0 Å². The van der Waals surface area contributed by atoms with E-state index >= 15 is 0 Å². The summed E-state index contributed by atoms with van der Waals surface area (Å²) in [6.07, 6.45) is 2.97. The first-order chi connectivity index (χ1) is 6.70. The third-order valence-corrected chi connectivity index (χ3v) is 2.12. The Balaban J connectivity index is 2.72. The third-order valence-electron chi connectivity index (χ3n) is 2.12. The molecule has 0 aromatic carbocycles. The van der Waals surface area contributed by atoms with Crippen LogP contribution >= 0.6 is 0 Å². The minimum atomic E-state index is -0.412. The Bertz CT molecular complexity index is 271. The van der Waals surface area contributed by atoms with Crippen LogP contribution in [0.5, 0.6) is 0 Å². The number of esters is 1. The van der Waals surface area contributed by atoms with Gasteiger partial charge in [-0.1, -0.05) is 6.08 Å². The standard InChI is InChI=1S/C10H15NO3/c1-3-8(10(13)14-4-2)11-7-5-6-9(11)12/h3H,4-7H2,1-2H3/b8-3+. The SMILES string of the molecule is C/C=C(\C(=O)OCC)N1CCCC1=O. The van der Waals surface area contributed by atoms with Crippen molar-refractivity contribution in [1.29, 1.82) is 0 Å². The van der Waals surface area contributed by atoms with Crippen LogP contribution in [0, 0.1) is 0 Å². The van der Waals surface area contributed by atoms with Crippen molar-refractivity contribution in [3.05, 3.63) is 11.8 Å². The van der Waals surface area contributed by atoms with Gasteiger partial charge in [0, 0.05) is 13.0 Å². The molecule has 1 heterocycles. The average Bonchev–Trinajstić information content (AvgIpc) is 2.54. The maximum absolute atomic E-state index is 11.4. The monoisotopic (exact) mass is 197 g/mol. The predicted octanol–water partition coefficient (Wildman–Crippen LogP) is 1.08. The number of ether oxygens (including phenoxy) is 1. The van der Waals surface area contributed by atoms with Crippen molar-refractivity contribution in [3.8, 4) is 0 Å². The van der Waals surface area contributed by atoms with Gasteiger partial charge in [-0.15, -0.1) is 0 Å². The number of nitrogens with zero attached hydrogens (tertiary/aromatic N) is 1. The predicted molar refractivity (Wildman–Crippen MR) is 51.3 cm³/mol. The van der Waals surface area contributed by atoms with Gasteiger partial charge in [0.1, 0.15) is 5.70 Å². The number of hydrogen-bond acceptors (Lipinski definition) is 3. The van der Waals surface area contributed by atoms with Crippen molar-refractivity contribution in [2.45, 2.75) is 26.7 Å². The molecule has 0 aromatic heterocycles. The molecule has 0 saturated carbocycles. The molecule has 0 bridgehead atoms. The summed E-state index contributed by atoms with van der Waals surface area (Å²) in [5.74, 6) is -0.406. The minimum absolute atomic E-state index is 0.00570. The summed E-state index contributed by atoms with van der Waals surface area (Å²) in [6, 6.07) is 0. The number of amides is 1. The normalized spacial score (nSPS) is 17.4. The first-order valence-electron chi connectivity index (χ1n) is 4.84. The first-order valence-corrected chi connectivity index (χ1v) is 4.84. The van der Waals surface area contributed by atoms with Crippen LogP contribution in [0.15, 0.2) is 11.8 Å². The molecule has 0 N–H and O–H groups in total. The van der Waals surface area contributed by atoms with Gasteiger partial charge in [0.2, 0.25) is 5.91 Å². The van der Waals surface area contributed by atoms with Crippen LogP contribution < -0.4 is 0 Å². The van der Waals surface area contributed by atoms with Gasteiger partial charge in [-0.05, 0) is 20.3 Å². The van der Waals surface area contributed by atoms with Crippen LogP contribution in [0.1, 0.15) is 26.7 Å². The minimum Gasteiger partial charge on any atom is -0.461 e. The lowest BCUT2D eigenvalue weighted by Gasteiger charge is -2.17. The summed E-state index contributed by atoms with van der Waals surface area (Å²) in [5.41, 5.74) is 0.370. The van der Waals surface area contributed by atoms with Gasteiger partial charge in [-0.2, -0.15) is 0 Å². The topological polar surface area (TPSA) is 46.6 Å². The second kappa shape index (κ2) is 4.79. The molecule has 0 aliphatic carbocycles. The highest BCUT2D eigenvalue weighted by atomic mass is 16.5. The van der Waals surface area contributed by atoms with Gasteiger partial charge in [0.15, 0.2) is 0 Å². The van der Waals surface area contributed by atoms with E-state index in [1.807, 2.05) is 0 Å². The Morgan fingerprint density at radius 3 is 2.79 bits per heavy atom. The van der Waals surface area contributed by atoms with E-state index in [4.69, 9.17) is 4.74 Å². The molecule has 0 spiro atoms. The zero-order valence-electron chi connectivity index (χ0n) is 8.58. The average molecular weight is 197 g/mol. The lowest BCUT2D eigenvalue weighted by atomic mass is 10.3. The molecule has 1 aliphatic rings. The Hall–Kier alpha value is -1.32. The van der Waals surface area contributed by atoms with Crippen LogP contribution in [0.25, 0.3) is 0 Å². The Kier molecular flexibility index (Phi) is 3.68. The van der Waals surface area contributed by atoms with E-state index in [1.165, 1.54) is 4.90 Å². The smallest absolute Gasteiger partial charge is 0.354 e. The molecule has 1 amide bonds. The zero-order valence-corrected chi connectivity index (χ0v) is 8.58. The summed E-state index contributed by atoms with van der Waals surface area (Å²) in [4.78, 5) is 24.3. The summed E-state index contributed by atoms with van der Waals surface area (Å²) >= 11 is 0. The molecule has 0 aromatic rings. The number of carbonyl (C=O) groups is 2. The largest absolute Gasteiger partial charge is 0.461 e. The van der Waals surface area contributed by atoms with E-state index in [-0.39, 0.29) is 5.91 Å². The van der Waals surface area contributed by atoms with Gasteiger partial charge in [-0.25, -0.2) is 4.79 Å². The molecule has 0 unspecified atom stereocenters. The van der Waals surface area contributed by atoms with Crippen molar-refractivity contribution in [2.24, 2.45) is 0 Å². The van der Waals surface area contributed by atoms with Crippen LogP contribution in [0.3, 0.4) is 0 Å². The summed E-state index contributed by atoms with van der Waals surface area (Å²) < 4.78 is 4.85. The molecule has 14 heavy (non-hydrogen) atoms. The maximum Gasteiger partial charge on any atom is 0.354 e. The first kappa shape index (κ1) is 10.8. The summed E-state index contributed by atoms with van der Waals surface area (Å²) in [7, 11) is 0. The highest BCUT2D eigenvalue weighted by molar-refractivity contribution is 5.94. The molecular formula is C10H15NO3. The lowest BCUT2D eigenvalue weighted by molar-refractivity contribution is -0.143. The van der Waals surface area contributed by atoms with Gasteiger partial charge < -0.3 is 9.64 Å². The molecule has 1 saturated heterocycles. The summed E-state index contributed by atoms with van der Waals surface area (Å²) in [6.45, 7) is 4.43. The molecule has 1 aliphatic heterocycles. The Labute approximate surface area is 83.5 Å². The quantitative estimate of drug-likeness (QED) is 0.502. The molecule has 0 atom stereocenters. The number of hydrogen-bond donors (Lipinski definition) is 0. The summed E-state index contributed by atoms with van der Waals surface area (Å²) in [5, 5.41) is 0. The second-order valence-corrected chi connectivity index (χ2v) is 3.04. The van der Waals surface area contributed by atoms with Gasteiger partial charge >= 0.3 is 5.97 Å². The van der Waals surface area contributed by atoms with E-state index in [2.05, 4.69) is 0 Å². The number of rotatable bonds is 3. The molecule has 1 fully saturated rings. The molecule has 4 nitrogen and oxygen atoms in total. The molecular weight excluding hydrogens is 182 g/mol. The fourth-order valence-electron chi connectivity index (χ4n) is 1.49. The molecule has 78 valence electrons. The van der Waals surface area contributed by atoms with Crippen LogP contribution in [-0.2, 0) is 14.3 Å². The van der Waals surface area contributed by atoms with E-state index in [0.29, 0.717) is 25.3 Å². The Morgan fingerprint density at radius 2 is 2.36 bits per heavy atom. The number of allylic oxidation sites excluding steroid dienone is 1. The third kappa shape index (κ3) is 2.13. The maximum atomic E-state index is 11.4. The number of likely N-dealkylation sites (tertiary alicyclic amines) is 1. The zero-order chi connectivity index (χ0) is 10.6. The van der Waals surface area contributed by atoms with Crippen LogP contribution in [0.4, 0.5) is 0 Å². The van der Waals surface area contributed by atoms with Crippen molar-refractivity contribution in [2.75, 3.05) is 13.2 Å². The van der Waals surface area contributed by atoms with E-state index in [1.54, 1.807) is 19.9 Å². The van der Waals surface area contributed by atoms with Gasteiger partial charge in [-0.3, -0.25) is 4.79 Å². The van der Waals surface area contributed by atoms with Crippen LogP contribution in [-0.4, -0.2) is 29.9 Å².